The van der Waals surface area contributed by atoms with Gasteiger partial charge in [0.05, 0.1) is 10.8 Å². The third kappa shape index (κ3) is 4.97. The van der Waals surface area contributed by atoms with Crippen molar-refractivity contribution in [2.24, 2.45) is 5.92 Å². The molecule has 0 atom stereocenters. The Kier molecular flexibility index (Phi) is 6.61. The highest BCUT2D eigenvalue weighted by Crippen LogP contribution is 2.29. The topological polar surface area (TPSA) is 76.6 Å². The Morgan fingerprint density at radius 1 is 1.17 bits per heavy atom. The van der Waals surface area contributed by atoms with Crippen LogP contribution in [0.3, 0.4) is 0 Å². The van der Waals surface area contributed by atoms with Crippen molar-refractivity contribution in [1.29, 1.82) is 0 Å². The van der Waals surface area contributed by atoms with Gasteiger partial charge in [0.15, 0.2) is 0 Å². The van der Waals surface area contributed by atoms with E-state index >= 15 is 0 Å². The monoisotopic (exact) mass is 436 g/mol. The second-order valence-electron chi connectivity index (χ2n) is 7.50. The fraction of sp³-hybridized carbons (Fsp3) is 0.429. The number of sulfonamides is 1. The van der Waals surface area contributed by atoms with E-state index in [4.69, 9.17) is 16.3 Å². The normalized spacial score (nSPS) is 16.0. The van der Waals surface area contributed by atoms with E-state index in [2.05, 4.69) is 4.98 Å². The molecule has 1 saturated heterocycles. The summed E-state index contributed by atoms with van der Waals surface area (Å²) < 4.78 is 33.1. The summed E-state index contributed by atoms with van der Waals surface area (Å²) in [6.45, 7) is 6.33. The maximum absolute atomic E-state index is 13.1. The quantitative estimate of drug-likeness (QED) is 0.526. The minimum atomic E-state index is -3.59. The molecule has 1 fully saturated rings. The van der Waals surface area contributed by atoms with Crippen LogP contribution >= 0.6 is 11.6 Å². The van der Waals surface area contributed by atoms with Crippen LogP contribution in [0.25, 0.3) is 0 Å². The van der Waals surface area contributed by atoms with Gasteiger partial charge in [-0.15, -0.1) is 0 Å². The van der Waals surface area contributed by atoms with Crippen molar-refractivity contribution in [3.8, 4) is 0 Å². The van der Waals surface area contributed by atoms with Crippen molar-refractivity contribution in [1.82, 2.24) is 9.29 Å². The maximum Gasteiger partial charge on any atom is 0.309 e. The van der Waals surface area contributed by atoms with Crippen LogP contribution in [0.4, 0.5) is 0 Å². The predicted molar refractivity (Wildman–Crippen MR) is 111 cm³/mol. The predicted octanol–water partition coefficient (Wildman–Crippen LogP) is 3.80. The second kappa shape index (κ2) is 8.81. The molecule has 1 aliphatic rings. The lowest BCUT2D eigenvalue weighted by atomic mass is 9.98. The molecule has 29 heavy (non-hydrogen) atoms. The average Bonchev–Trinajstić information content (AvgIpc) is 2.66. The number of ether oxygens (including phenoxy) is 1. The number of carbonyl (C=O) groups is 1. The number of rotatable bonds is 5. The zero-order valence-corrected chi connectivity index (χ0v) is 18.4. The molecular weight excluding hydrogens is 412 g/mol. The highest BCUT2D eigenvalue weighted by molar-refractivity contribution is 7.89. The summed E-state index contributed by atoms with van der Waals surface area (Å²) in [5.41, 5.74) is 3.30. The molecule has 2 heterocycles. The number of nitrogens with zero attached hydrogens (tertiary/aromatic N) is 2. The zero-order valence-electron chi connectivity index (χ0n) is 16.8. The fourth-order valence-corrected chi connectivity index (χ4v) is 5.79. The van der Waals surface area contributed by atoms with Crippen LogP contribution < -0.4 is 0 Å². The molecule has 156 valence electrons. The molecule has 0 amide bonds. The number of esters is 1. The molecule has 6 nitrogen and oxygen atoms in total. The van der Waals surface area contributed by atoms with Gasteiger partial charge >= 0.3 is 5.97 Å². The van der Waals surface area contributed by atoms with E-state index in [1.165, 1.54) is 4.31 Å². The first-order valence-electron chi connectivity index (χ1n) is 9.53. The van der Waals surface area contributed by atoms with Crippen molar-refractivity contribution < 1.29 is 17.9 Å². The van der Waals surface area contributed by atoms with Gasteiger partial charge in [-0.1, -0.05) is 35.4 Å². The van der Waals surface area contributed by atoms with Crippen LogP contribution in [0.15, 0.2) is 35.4 Å². The first kappa shape index (κ1) is 21.7. The first-order valence-corrected chi connectivity index (χ1v) is 11.4. The lowest BCUT2D eigenvalue weighted by molar-refractivity contribution is -0.151. The molecular formula is C21H25ClN2O4S. The van der Waals surface area contributed by atoms with Crippen LogP contribution in [-0.4, -0.2) is 36.8 Å². The summed E-state index contributed by atoms with van der Waals surface area (Å²) in [6.07, 6.45) is 2.46. The first-order chi connectivity index (χ1) is 13.7. The Hall–Kier alpha value is -1.96. The van der Waals surface area contributed by atoms with Crippen molar-refractivity contribution in [3.05, 3.63) is 57.9 Å². The van der Waals surface area contributed by atoms with E-state index in [1.807, 2.05) is 32.9 Å². The van der Waals surface area contributed by atoms with Gasteiger partial charge in [0.25, 0.3) is 0 Å². The Morgan fingerprint density at radius 3 is 2.34 bits per heavy atom. The smallest absolute Gasteiger partial charge is 0.309 e. The van der Waals surface area contributed by atoms with E-state index in [0.29, 0.717) is 36.0 Å². The van der Waals surface area contributed by atoms with Crippen molar-refractivity contribution in [2.45, 2.75) is 45.1 Å². The largest absolute Gasteiger partial charge is 0.461 e. The standard InChI is InChI=1S/C21H25ClN2O4S/c1-14-10-15(2)20(16(3)11-14)29(26,27)24-8-6-18(7-9-24)21(25)28-13-17-4-5-19(22)23-12-17/h4-5,10-12,18H,6-9,13H2,1-3H3. The summed E-state index contributed by atoms with van der Waals surface area (Å²) in [5, 5.41) is 0.382. The molecule has 0 saturated carbocycles. The van der Waals surface area contributed by atoms with Crippen molar-refractivity contribution in [3.63, 3.8) is 0 Å². The number of benzene rings is 1. The van der Waals surface area contributed by atoms with E-state index in [1.54, 1.807) is 18.3 Å². The van der Waals surface area contributed by atoms with Gasteiger partial charge in [-0.3, -0.25) is 4.79 Å². The third-order valence-corrected chi connectivity index (χ3v) is 7.59. The van der Waals surface area contributed by atoms with Gasteiger partial charge < -0.3 is 4.74 Å². The average molecular weight is 437 g/mol. The molecule has 0 radical (unpaired) electrons. The van der Waals surface area contributed by atoms with Crippen LogP contribution in [0, 0.1) is 26.7 Å². The molecule has 0 N–H and O–H groups in total. The van der Waals surface area contributed by atoms with Crippen molar-refractivity contribution in [2.75, 3.05) is 13.1 Å². The number of carbonyl (C=O) groups excluding carboxylic acids is 1. The molecule has 0 bridgehead atoms. The minimum absolute atomic E-state index is 0.128. The van der Waals surface area contributed by atoms with Gasteiger partial charge in [0.2, 0.25) is 10.0 Å². The number of hydrogen-bond acceptors (Lipinski definition) is 5. The SMILES string of the molecule is Cc1cc(C)c(S(=O)(=O)N2CCC(C(=O)OCc3ccc(Cl)nc3)CC2)c(C)c1. The molecule has 1 aliphatic heterocycles. The van der Waals surface area contributed by atoms with Gasteiger partial charge in [-0.2, -0.15) is 4.31 Å². The molecule has 3 rings (SSSR count). The van der Waals surface area contributed by atoms with Gasteiger partial charge in [0.1, 0.15) is 11.8 Å². The molecule has 8 heteroatoms. The van der Waals surface area contributed by atoms with Crippen LogP contribution in [0.5, 0.6) is 0 Å². The number of piperidine rings is 1. The molecule has 0 unspecified atom stereocenters. The molecule has 2 aromatic rings. The van der Waals surface area contributed by atoms with Crippen molar-refractivity contribution >= 4 is 27.6 Å². The molecule has 1 aromatic carbocycles. The van der Waals surface area contributed by atoms with Gasteiger partial charge in [-0.25, -0.2) is 13.4 Å². The summed E-state index contributed by atoms with van der Waals surface area (Å²) in [4.78, 5) is 16.7. The van der Waals surface area contributed by atoms with Crippen LogP contribution in [0.1, 0.15) is 35.1 Å². The summed E-state index contributed by atoms with van der Waals surface area (Å²) >= 11 is 5.75. The Balaban J connectivity index is 1.61. The number of halogens is 1. The number of hydrogen-bond donors (Lipinski definition) is 0. The number of pyridine rings is 1. The highest BCUT2D eigenvalue weighted by Gasteiger charge is 2.34. The van der Waals surface area contributed by atoms with E-state index in [9.17, 15) is 13.2 Å². The molecule has 0 aliphatic carbocycles. The zero-order chi connectivity index (χ0) is 21.2. The van der Waals surface area contributed by atoms with Crippen LogP contribution in [0.2, 0.25) is 5.15 Å². The number of aryl methyl sites for hydroxylation is 3. The minimum Gasteiger partial charge on any atom is -0.461 e. The summed E-state index contributed by atoms with van der Waals surface area (Å²) in [7, 11) is -3.59. The molecule has 0 spiro atoms. The third-order valence-electron chi connectivity index (χ3n) is 5.16. The van der Waals surface area contributed by atoms with E-state index < -0.39 is 10.0 Å². The summed E-state index contributed by atoms with van der Waals surface area (Å²) in [5.74, 6) is -0.610. The number of aromatic nitrogens is 1. The Bertz CT molecular complexity index is 975. The van der Waals surface area contributed by atoms with Gasteiger partial charge in [-0.05, 0) is 50.8 Å². The second-order valence-corrected chi connectivity index (χ2v) is 9.77. The Morgan fingerprint density at radius 2 is 1.79 bits per heavy atom. The van der Waals surface area contributed by atoms with Crippen LogP contribution in [-0.2, 0) is 26.2 Å². The van der Waals surface area contributed by atoms with E-state index in [-0.39, 0.29) is 18.5 Å². The van der Waals surface area contributed by atoms with E-state index in [0.717, 1.165) is 22.3 Å². The highest BCUT2D eigenvalue weighted by atomic mass is 35.5. The maximum atomic E-state index is 13.1. The van der Waals surface area contributed by atoms with Gasteiger partial charge in [0, 0.05) is 24.8 Å². The lowest BCUT2D eigenvalue weighted by Crippen LogP contribution is -2.41. The summed E-state index contributed by atoms with van der Waals surface area (Å²) in [6, 6.07) is 7.17. The fourth-order valence-electron chi connectivity index (χ4n) is 3.80. The molecule has 1 aromatic heterocycles. The lowest BCUT2D eigenvalue weighted by Gasteiger charge is -2.31. The Labute approximate surface area is 176 Å².